The number of carbonyl (C=O) groups is 3. The van der Waals surface area contributed by atoms with E-state index in [1.807, 2.05) is 72.8 Å². The fourth-order valence-electron chi connectivity index (χ4n) is 7.32. The Hall–Kier alpha value is -4.35. The van der Waals surface area contributed by atoms with Crippen molar-refractivity contribution in [2.75, 3.05) is 19.8 Å². The van der Waals surface area contributed by atoms with E-state index < -0.39 is 47.0 Å². The minimum absolute atomic E-state index is 0.0914. The zero-order valence-electron chi connectivity index (χ0n) is 23.8. The summed E-state index contributed by atoms with van der Waals surface area (Å²) in [6, 6.07) is 15.1. The SMILES string of the molecule is C[C@@]12C=CCCOC(=O)[C@@H]1[C@H]1C(=O)N([C@@H](CO)Cc3ccccc3)C3C(=O)N(Cn4nnc5ccccc54)CC=C[C@@]31O2. The first kappa shape index (κ1) is 27.5. The molecule has 0 saturated carbocycles. The number of fused-ring (bicyclic) bond motifs is 3. The van der Waals surface area contributed by atoms with Gasteiger partial charge in [-0.25, -0.2) is 4.68 Å². The lowest BCUT2D eigenvalue weighted by Crippen LogP contribution is -2.59. The topological polar surface area (TPSA) is 127 Å². The fourth-order valence-corrected chi connectivity index (χ4v) is 7.32. The van der Waals surface area contributed by atoms with E-state index >= 15 is 0 Å². The summed E-state index contributed by atoms with van der Waals surface area (Å²) in [5, 5.41) is 19.2. The van der Waals surface area contributed by atoms with Crippen molar-refractivity contribution >= 4 is 28.8 Å². The number of esters is 1. The van der Waals surface area contributed by atoms with Gasteiger partial charge < -0.3 is 24.4 Å². The number of rotatable bonds is 6. The Balaban J connectivity index is 1.33. The first-order chi connectivity index (χ1) is 20.9. The molecule has 43 heavy (non-hydrogen) atoms. The summed E-state index contributed by atoms with van der Waals surface area (Å²) in [6.45, 7) is 1.92. The second-order valence-electron chi connectivity index (χ2n) is 11.8. The summed E-state index contributed by atoms with van der Waals surface area (Å²) in [5.41, 5.74) is -0.250. The fraction of sp³-hybridized carbons (Fsp3) is 0.406. The standard InChI is InChI=1S/C32H33N5O6/c1-31-14-7-8-17-42-30(41)26(31)25-28(39)37(22(19-38)18-21-10-3-2-4-11-21)27-29(40)35(16-9-15-32(25,27)43-31)20-36-24-13-6-5-12-23(24)33-34-36/h2-7,9-15,22,25-27,38H,8,16-20H2,1H3/t22-,25+,26+,27?,31-,32+/m1/s1. The zero-order chi connectivity index (χ0) is 29.8. The molecule has 4 aliphatic heterocycles. The lowest BCUT2D eigenvalue weighted by Gasteiger charge is -2.40. The van der Waals surface area contributed by atoms with E-state index in [0.717, 1.165) is 11.1 Å². The first-order valence-corrected chi connectivity index (χ1v) is 14.6. The lowest BCUT2D eigenvalue weighted by atomic mass is 9.74. The number of cyclic esters (lactones) is 1. The number of aromatic nitrogens is 3. The van der Waals surface area contributed by atoms with Crippen LogP contribution in [0.4, 0.5) is 0 Å². The Morgan fingerprint density at radius 2 is 1.79 bits per heavy atom. The monoisotopic (exact) mass is 583 g/mol. The molecule has 2 aromatic carbocycles. The van der Waals surface area contributed by atoms with Crippen molar-refractivity contribution in [1.29, 1.82) is 0 Å². The van der Waals surface area contributed by atoms with Crippen LogP contribution in [0.2, 0.25) is 0 Å². The molecule has 2 saturated heterocycles. The van der Waals surface area contributed by atoms with Gasteiger partial charge in [0, 0.05) is 6.54 Å². The number of benzene rings is 2. The molecule has 2 fully saturated rings. The van der Waals surface area contributed by atoms with Gasteiger partial charge in [-0.2, -0.15) is 0 Å². The summed E-state index contributed by atoms with van der Waals surface area (Å²) < 4.78 is 14.0. The Kier molecular flexibility index (Phi) is 6.66. The molecular formula is C32H33N5O6. The molecule has 0 radical (unpaired) electrons. The van der Waals surface area contributed by atoms with Crippen LogP contribution in [-0.2, 0) is 36.9 Å². The van der Waals surface area contributed by atoms with E-state index in [1.165, 1.54) is 4.90 Å². The van der Waals surface area contributed by atoms with Gasteiger partial charge in [-0.1, -0.05) is 72.0 Å². The Labute approximate surface area is 248 Å². The maximum absolute atomic E-state index is 14.7. The van der Waals surface area contributed by atoms with Gasteiger partial charge in [-0.05, 0) is 37.5 Å². The average Bonchev–Trinajstić information content (AvgIpc) is 3.57. The van der Waals surface area contributed by atoms with Gasteiger partial charge in [-0.15, -0.1) is 5.10 Å². The molecule has 6 atom stereocenters. The van der Waals surface area contributed by atoms with Gasteiger partial charge in [-0.3, -0.25) is 14.4 Å². The van der Waals surface area contributed by atoms with Crippen molar-refractivity contribution in [2.45, 2.75) is 49.7 Å². The molecule has 3 aromatic rings. The maximum atomic E-state index is 14.7. The first-order valence-electron chi connectivity index (χ1n) is 14.6. The highest BCUT2D eigenvalue weighted by atomic mass is 16.6. The van der Waals surface area contributed by atoms with Crippen molar-refractivity contribution in [3.05, 3.63) is 84.5 Å². The van der Waals surface area contributed by atoms with E-state index in [2.05, 4.69) is 10.3 Å². The van der Waals surface area contributed by atoms with Crippen LogP contribution in [0.1, 0.15) is 18.9 Å². The molecule has 5 heterocycles. The number of likely N-dealkylation sites (tertiary alicyclic amines) is 1. The Morgan fingerprint density at radius 1 is 1.00 bits per heavy atom. The number of hydrogen-bond donors (Lipinski definition) is 1. The lowest BCUT2D eigenvalue weighted by molar-refractivity contribution is -0.162. The number of aliphatic hydroxyl groups is 1. The maximum Gasteiger partial charge on any atom is 0.313 e. The van der Waals surface area contributed by atoms with E-state index in [-0.39, 0.29) is 32.3 Å². The number of aliphatic hydroxyl groups excluding tert-OH is 1. The largest absolute Gasteiger partial charge is 0.465 e. The molecule has 4 aliphatic rings. The molecule has 1 N–H and O–H groups in total. The van der Waals surface area contributed by atoms with Crippen LogP contribution in [0.15, 0.2) is 78.9 Å². The molecule has 1 unspecified atom stereocenters. The minimum atomic E-state index is -1.45. The zero-order valence-corrected chi connectivity index (χ0v) is 23.8. The number of ether oxygens (including phenoxy) is 2. The quantitative estimate of drug-likeness (QED) is 0.344. The van der Waals surface area contributed by atoms with Crippen LogP contribution in [-0.4, -0.2) is 90.7 Å². The van der Waals surface area contributed by atoms with Crippen molar-refractivity contribution in [2.24, 2.45) is 11.8 Å². The average molecular weight is 584 g/mol. The van der Waals surface area contributed by atoms with Crippen LogP contribution >= 0.6 is 0 Å². The van der Waals surface area contributed by atoms with Gasteiger partial charge >= 0.3 is 5.97 Å². The van der Waals surface area contributed by atoms with Crippen LogP contribution in [0, 0.1) is 11.8 Å². The molecule has 0 aliphatic carbocycles. The predicted octanol–water partition coefficient (Wildman–Crippen LogP) is 1.86. The number of amides is 2. The highest BCUT2D eigenvalue weighted by molar-refractivity contribution is 5.99. The van der Waals surface area contributed by atoms with Crippen molar-refractivity contribution in [1.82, 2.24) is 24.8 Å². The van der Waals surface area contributed by atoms with E-state index in [9.17, 15) is 19.5 Å². The van der Waals surface area contributed by atoms with Crippen molar-refractivity contribution < 1.29 is 29.0 Å². The smallest absolute Gasteiger partial charge is 0.313 e. The summed E-state index contributed by atoms with van der Waals surface area (Å²) in [6.07, 6.45) is 8.17. The molecular weight excluding hydrogens is 550 g/mol. The molecule has 7 rings (SSSR count). The van der Waals surface area contributed by atoms with E-state index in [4.69, 9.17) is 9.47 Å². The molecule has 11 nitrogen and oxygen atoms in total. The number of hydrogen-bond acceptors (Lipinski definition) is 8. The highest BCUT2D eigenvalue weighted by Gasteiger charge is 2.75. The minimum Gasteiger partial charge on any atom is -0.465 e. The van der Waals surface area contributed by atoms with Gasteiger partial charge in [0.25, 0.3) is 5.91 Å². The van der Waals surface area contributed by atoms with E-state index in [1.54, 1.807) is 22.6 Å². The van der Waals surface area contributed by atoms with Crippen molar-refractivity contribution in [3.8, 4) is 0 Å². The number of carbonyl (C=O) groups excluding carboxylic acids is 3. The molecule has 1 spiro atoms. The number of nitrogens with zero attached hydrogens (tertiary/aromatic N) is 5. The van der Waals surface area contributed by atoms with Gasteiger partial charge in [0.15, 0.2) is 0 Å². The normalized spacial score (nSPS) is 30.8. The predicted molar refractivity (Wildman–Crippen MR) is 154 cm³/mol. The third-order valence-corrected chi connectivity index (χ3v) is 9.18. The van der Waals surface area contributed by atoms with Gasteiger partial charge in [0.05, 0.1) is 36.3 Å². The van der Waals surface area contributed by atoms with Crippen LogP contribution < -0.4 is 0 Å². The van der Waals surface area contributed by atoms with Crippen LogP contribution in [0.5, 0.6) is 0 Å². The van der Waals surface area contributed by atoms with Gasteiger partial charge in [0.2, 0.25) is 5.91 Å². The van der Waals surface area contributed by atoms with Crippen molar-refractivity contribution in [3.63, 3.8) is 0 Å². The van der Waals surface area contributed by atoms with Crippen LogP contribution in [0.25, 0.3) is 11.0 Å². The molecule has 1 aromatic heterocycles. The molecule has 0 bridgehead atoms. The Morgan fingerprint density at radius 3 is 2.60 bits per heavy atom. The second kappa shape index (κ2) is 10.4. The summed E-state index contributed by atoms with van der Waals surface area (Å²) >= 11 is 0. The summed E-state index contributed by atoms with van der Waals surface area (Å²) in [7, 11) is 0. The third kappa shape index (κ3) is 4.29. The van der Waals surface area contributed by atoms with Gasteiger partial charge in [0.1, 0.15) is 29.7 Å². The second-order valence-corrected chi connectivity index (χ2v) is 11.8. The summed E-state index contributed by atoms with van der Waals surface area (Å²) in [4.78, 5) is 45.9. The van der Waals surface area contributed by atoms with E-state index in [0.29, 0.717) is 18.4 Å². The molecule has 2 amide bonds. The molecule has 11 heteroatoms. The third-order valence-electron chi connectivity index (χ3n) is 9.18. The van der Waals surface area contributed by atoms with Crippen LogP contribution in [0.3, 0.4) is 0 Å². The Bertz CT molecular complexity index is 1640. The highest BCUT2D eigenvalue weighted by Crippen LogP contribution is 2.57. The summed E-state index contributed by atoms with van der Waals surface area (Å²) in [5.74, 6) is -3.28. The molecule has 222 valence electrons. The number of para-hydroxylation sites is 1.